The Kier molecular flexibility index (Phi) is 5.75. The van der Waals surface area contributed by atoms with Crippen LogP contribution in [0.25, 0.3) is 0 Å². The van der Waals surface area contributed by atoms with Gasteiger partial charge in [0.25, 0.3) is 0 Å². The summed E-state index contributed by atoms with van der Waals surface area (Å²) in [6.07, 6.45) is 0.860. The molecule has 0 bridgehead atoms. The first-order valence-corrected chi connectivity index (χ1v) is 8.07. The van der Waals surface area contributed by atoms with E-state index in [9.17, 15) is 4.39 Å². The van der Waals surface area contributed by atoms with Gasteiger partial charge in [0.05, 0.1) is 19.3 Å². The maximum Gasteiger partial charge on any atom is 0.123 e. The Morgan fingerprint density at radius 1 is 1.09 bits per heavy atom. The van der Waals surface area contributed by atoms with Crippen molar-refractivity contribution >= 4 is 0 Å². The highest BCUT2D eigenvalue weighted by Gasteiger charge is 2.17. The molecule has 2 aromatic carbocycles. The van der Waals surface area contributed by atoms with Gasteiger partial charge in [0, 0.05) is 13.1 Å². The summed E-state index contributed by atoms with van der Waals surface area (Å²) in [5.74, 6) is -0.234. The second-order valence-corrected chi connectivity index (χ2v) is 5.70. The first-order chi connectivity index (χ1) is 11.3. The average Bonchev–Trinajstić information content (AvgIpc) is 2.61. The van der Waals surface area contributed by atoms with Crippen molar-refractivity contribution in [2.45, 2.75) is 18.6 Å². The third-order valence-corrected chi connectivity index (χ3v) is 4.00. The predicted molar refractivity (Wildman–Crippen MR) is 87.9 cm³/mol. The van der Waals surface area contributed by atoms with Gasteiger partial charge in [-0.05, 0) is 29.7 Å². The second-order valence-electron chi connectivity index (χ2n) is 5.70. The van der Waals surface area contributed by atoms with Crippen LogP contribution < -0.4 is 5.32 Å². The van der Waals surface area contributed by atoms with Gasteiger partial charge in [-0.25, -0.2) is 4.39 Å². The fourth-order valence-corrected chi connectivity index (χ4v) is 2.77. The zero-order chi connectivity index (χ0) is 15.9. The SMILES string of the molecule is Fc1ccc(C(OCCC2CNCCO2)c2ccccc2)cc1. The van der Waals surface area contributed by atoms with Crippen LogP contribution in [0, 0.1) is 5.82 Å². The molecule has 1 saturated heterocycles. The molecule has 0 aromatic heterocycles. The van der Waals surface area contributed by atoms with E-state index in [1.165, 1.54) is 12.1 Å². The first kappa shape index (κ1) is 16.1. The van der Waals surface area contributed by atoms with E-state index in [2.05, 4.69) is 5.32 Å². The van der Waals surface area contributed by atoms with Crippen molar-refractivity contribution in [3.63, 3.8) is 0 Å². The summed E-state index contributed by atoms with van der Waals surface area (Å²) in [7, 11) is 0. The number of nitrogens with one attached hydrogen (secondary N) is 1. The fraction of sp³-hybridized carbons (Fsp3) is 0.368. The summed E-state index contributed by atoms with van der Waals surface area (Å²) in [5, 5.41) is 3.32. The number of ether oxygens (including phenoxy) is 2. The average molecular weight is 315 g/mol. The molecule has 2 atom stereocenters. The lowest BCUT2D eigenvalue weighted by Gasteiger charge is -2.25. The maximum absolute atomic E-state index is 13.2. The molecule has 0 spiro atoms. The zero-order valence-electron chi connectivity index (χ0n) is 13.1. The van der Waals surface area contributed by atoms with E-state index in [1.807, 2.05) is 30.3 Å². The minimum absolute atomic E-state index is 0.187. The lowest BCUT2D eigenvalue weighted by Crippen LogP contribution is -2.39. The Hall–Kier alpha value is -1.75. The van der Waals surface area contributed by atoms with Crippen molar-refractivity contribution in [1.82, 2.24) is 5.32 Å². The van der Waals surface area contributed by atoms with Crippen LogP contribution in [0.5, 0.6) is 0 Å². The van der Waals surface area contributed by atoms with Crippen LogP contribution in [0.2, 0.25) is 0 Å². The van der Waals surface area contributed by atoms with Crippen LogP contribution in [0.3, 0.4) is 0 Å². The normalized spacial score (nSPS) is 19.4. The Morgan fingerprint density at radius 2 is 1.83 bits per heavy atom. The molecule has 1 N–H and O–H groups in total. The molecule has 4 heteroatoms. The van der Waals surface area contributed by atoms with Gasteiger partial charge in [-0.2, -0.15) is 0 Å². The van der Waals surface area contributed by atoms with Crippen molar-refractivity contribution in [2.75, 3.05) is 26.3 Å². The molecule has 122 valence electrons. The Labute approximate surface area is 136 Å². The third-order valence-electron chi connectivity index (χ3n) is 4.00. The smallest absolute Gasteiger partial charge is 0.123 e. The van der Waals surface area contributed by atoms with E-state index in [0.717, 1.165) is 37.2 Å². The lowest BCUT2D eigenvalue weighted by molar-refractivity contribution is -0.00715. The van der Waals surface area contributed by atoms with Gasteiger partial charge in [0.2, 0.25) is 0 Å². The molecule has 1 aliphatic heterocycles. The van der Waals surface area contributed by atoms with Gasteiger partial charge < -0.3 is 14.8 Å². The van der Waals surface area contributed by atoms with Gasteiger partial charge in [0.15, 0.2) is 0 Å². The number of morpholine rings is 1. The van der Waals surface area contributed by atoms with E-state index in [1.54, 1.807) is 12.1 Å². The van der Waals surface area contributed by atoms with E-state index in [0.29, 0.717) is 6.61 Å². The Balaban J connectivity index is 1.66. The number of halogens is 1. The van der Waals surface area contributed by atoms with Crippen LogP contribution in [0.4, 0.5) is 4.39 Å². The number of hydrogen-bond donors (Lipinski definition) is 1. The molecule has 2 unspecified atom stereocenters. The van der Waals surface area contributed by atoms with Crippen molar-refractivity contribution in [3.8, 4) is 0 Å². The zero-order valence-corrected chi connectivity index (χ0v) is 13.1. The quantitative estimate of drug-likeness (QED) is 0.887. The highest BCUT2D eigenvalue weighted by molar-refractivity contribution is 5.30. The van der Waals surface area contributed by atoms with Gasteiger partial charge in [0.1, 0.15) is 11.9 Å². The lowest BCUT2D eigenvalue weighted by atomic mass is 10.0. The van der Waals surface area contributed by atoms with Crippen molar-refractivity contribution < 1.29 is 13.9 Å². The molecule has 3 nitrogen and oxygen atoms in total. The van der Waals surface area contributed by atoms with Crippen LogP contribution in [-0.2, 0) is 9.47 Å². The Bertz CT molecular complexity index is 582. The molecule has 2 aromatic rings. The number of benzene rings is 2. The van der Waals surface area contributed by atoms with Gasteiger partial charge in [-0.3, -0.25) is 0 Å². The van der Waals surface area contributed by atoms with E-state index in [-0.39, 0.29) is 18.0 Å². The largest absolute Gasteiger partial charge is 0.375 e. The van der Waals surface area contributed by atoms with Crippen LogP contribution >= 0.6 is 0 Å². The molecular formula is C19H22FNO2. The molecule has 0 saturated carbocycles. The van der Waals surface area contributed by atoms with Crippen molar-refractivity contribution in [2.24, 2.45) is 0 Å². The molecule has 0 aliphatic carbocycles. The number of rotatable bonds is 6. The van der Waals surface area contributed by atoms with Crippen LogP contribution in [0.1, 0.15) is 23.7 Å². The van der Waals surface area contributed by atoms with E-state index < -0.39 is 0 Å². The molecule has 23 heavy (non-hydrogen) atoms. The molecular weight excluding hydrogens is 293 g/mol. The minimum atomic E-state index is -0.234. The molecule has 1 fully saturated rings. The Morgan fingerprint density at radius 3 is 2.52 bits per heavy atom. The van der Waals surface area contributed by atoms with Crippen molar-refractivity contribution in [3.05, 3.63) is 71.5 Å². The van der Waals surface area contributed by atoms with Crippen molar-refractivity contribution in [1.29, 1.82) is 0 Å². The van der Waals surface area contributed by atoms with Gasteiger partial charge in [-0.1, -0.05) is 42.5 Å². The first-order valence-electron chi connectivity index (χ1n) is 8.07. The molecule has 1 heterocycles. The summed E-state index contributed by atoms with van der Waals surface area (Å²) in [4.78, 5) is 0. The van der Waals surface area contributed by atoms with Gasteiger partial charge in [-0.15, -0.1) is 0 Å². The summed E-state index contributed by atoms with van der Waals surface area (Å²) in [6, 6.07) is 16.5. The predicted octanol–water partition coefficient (Wildman–Crippen LogP) is 3.31. The standard InChI is InChI=1S/C19H22FNO2/c20-17-8-6-16(7-9-17)19(15-4-2-1-3-5-15)23-12-10-18-14-21-11-13-22-18/h1-9,18-19,21H,10-14H2. The summed E-state index contributed by atoms with van der Waals surface area (Å²) in [5.41, 5.74) is 2.03. The molecule has 0 radical (unpaired) electrons. The molecule has 3 rings (SSSR count). The second kappa shape index (κ2) is 8.20. The minimum Gasteiger partial charge on any atom is -0.375 e. The molecule has 0 amide bonds. The topological polar surface area (TPSA) is 30.5 Å². The van der Waals surface area contributed by atoms with E-state index in [4.69, 9.17) is 9.47 Å². The third kappa shape index (κ3) is 4.61. The summed E-state index contributed by atoms with van der Waals surface area (Å²) in [6.45, 7) is 3.14. The number of hydrogen-bond acceptors (Lipinski definition) is 3. The highest BCUT2D eigenvalue weighted by Crippen LogP contribution is 2.26. The van der Waals surface area contributed by atoms with Crippen LogP contribution in [-0.4, -0.2) is 32.4 Å². The van der Waals surface area contributed by atoms with Gasteiger partial charge >= 0.3 is 0 Å². The van der Waals surface area contributed by atoms with E-state index >= 15 is 0 Å². The summed E-state index contributed by atoms with van der Waals surface area (Å²) >= 11 is 0. The maximum atomic E-state index is 13.2. The van der Waals surface area contributed by atoms with Crippen LogP contribution in [0.15, 0.2) is 54.6 Å². The summed E-state index contributed by atoms with van der Waals surface area (Å²) < 4.78 is 25.0. The highest BCUT2D eigenvalue weighted by atomic mass is 19.1. The monoisotopic (exact) mass is 315 g/mol. The molecule has 1 aliphatic rings. The fourth-order valence-electron chi connectivity index (χ4n) is 2.77.